The van der Waals surface area contributed by atoms with Gasteiger partial charge in [0.25, 0.3) is 0 Å². The highest BCUT2D eigenvalue weighted by Gasteiger charge is 2.26. The molecule has 3 nitrogen and oxygen atoms in total. The predicted octanol–water partition coefficient (Wildman–Crippen LogP) is 0.545. The van der Waals surface area contributed by atoms with E-state index in [-0.39, 0.29) is 6.10 Å². The van der Waals surface area contributed by atoms with E-state index in [1.165, 1.54) is 0 Å². The molecular formula is C11H24N2O. The maximum atomic E-state index is 9.71. The number of likely N-dealkylation sites (N-methyl/N-ethyl adjacent to an activating group) is 1. The molecular weight excluding hydrogens is 176 g/mol. The highest BCUT2D eigenvalue weighted by atomic mass is 16.3. The van der Waals surface area contributed by atoms with Gasteiger partial charge in [-0.1, -0.05) is 20.8 Å². The van der Waals surface area contributed by atoms with E-state index in [0.717, 1.165) is 44.6 Å². The topological polar surface area (TPSA) is 35.5 Å². The molecule has 0 saturated carbocycles. The molecule has 2 N–H and O–H groups in total. The van der Waals surface area contributed by atoms with E-state index in [0.29, 0.717) is 0 Å². The molecule has 0 bridgehead atoms. The standard InChI is InChI=1S/C11H24N2O/c1-4-12-5-11(14)8-13-6-9(2)10(3)7-13/h9-12,14H,4-8H2,1-3H3. The zero-order valence-electron chi connectivity index (χ0n) is 9.66. The molecule has 3 unspecified atom stereocenters. The summed E-state index contributed by atoms with van der Waals surface area (Å²) in [6.07, 6.45) is -0.215. The van der Waals surface area contributed by atoms with Gasteiger partial charge in [-0.25, -0.2) is 0 Å². The quantitative estimate of drug-likeness (QED) is 0.680. The first-order valence-electron chi connectivity index (χ1n) is 5.74. The van der Waals surface area contributed by atoms with Crippen LogP contribution < -0.4 is 5.32 Å². The fraction of sp³-hybridized carbons (Fsp3) is 1.00. The van der Waals surface area contributed by atoms with Crippen molar-refractivity contribution in [3.8, 4) is 0 Å². The molecule has 0 aliphatic carbocycles. The summed E-state index contributed by atoms with van der Waals surface area (Å²) in [5, 5.41) is 12.9. The minimum Gasteiger partial charge on any atom is -0.390 e. The van der Waals surface area contributed by atoms with Gasteiger partial charge < -0.3 is 15.3 Å². The second-order valence-electron chi connectivity index (χ2n) is 4.63. The summed E-state index contributed by atoms with van der Waals surface area (Å²) in [6.45, 7) is 11.4. The Morgan fingerprint density at radius 1 is 1.36 bits per heavy atom. The minimum absolute atomic E-state index is 0.215. The monoisotopic (exact) mass is 200 g/mol. The van der Waals surface area contributed by atoms with E-state index in [4.69, 9.17) is 0 Å². The number of β-amino-alcohol motifs (C(OH)–C–C–N with tert-alkyl or cyclic N) is 1. The molecule has 0 aromatic heterocycles. The van der Waals surface area contributed by atoms with Gasteiger partial charge >= 0.3 is 0 Å². The van der Waals surface area contributed by atoms with E-state index >= 15 is 0 Å². The van der Waals surface area contributed by atoms with E-state index in [2.05, 4.69) is 31.0 Å². The minimum atomic E-state index is -0.215. The summed E-state index contributed by atoms with van der Waals surface area (Å²) in [7, 11) is 0. The van der Waals surface area contributed by atoms with Crippen molar-refractivity contribution in [2.24, 2.45) is 11.8 Å². The second kappa shape index (κ2) is 5.69. The number of hydrogen-bond acceptors (Lipinski definition) is 3. The Labute approximate surface area is 87.5 Å². The third-order valence-electron chi connectivity index (χ3n) is 3.16. The highest BCUT2D eigenvalue weighted by Crippen LogP contribution is 2.21. The number of rotatable bonds is 5. The Kier molecular flexibility index (Phi) is 4.85. The van der Waals surface area contributed by atoms with Crippen LogP contribution in [0, 0.1) is 11.8 Å². The van der Waals surface area contributed by atoms with Gasteiger partial charge in [0.05, 0.1) is 6.10 Å². The molecule has 1 fully saturated rings. The summed E-state index contributed by atoms with van der Waals surface area (Å²) >= 11 is 0. The molecule has 3 atom stereocenters. The lowest BCUT2D eigenvalue weighted by atomic mass is 10.0. The van der Waals surface area contributed by atoms with Crippen molar-refractivity contribution in [2.75, 3.05) is 32.7 Å². The van der Waals surface area contributed by atoms with E-state index in [1.54, 1.807) is 0 Å². The molecule has 14 heavy (non-hydrogen) atoms. The van der Waals surface area contributed by atoms with Crippen LogP contribution in [0.1, 0.15) is 20.8 Å². The first-order chi connectivity index (χ1) is 6.63. The number of nitrogens with zero attached hydrogens (tertiary/aromatic N) is 1. The van der Waals surface area contributed by atoms with Crippen LogP contribution in [0.15, 0.2) is 0 Å². The SMILES string of the molecule is CCNCC(O)CN1CC(C)C(C)C1. The molecule has 1 saturated heterocycles. The lowest BCUT2D eigenvalue weighted by Gasteiger charge is -2.19. The molecule has 0 radical (unpaired) electrons. The van der Waals surface area contributed by atoms with Crippen molar-refractivity contribution < 1.29 is 5.11 Å². The van der Waals surface area contributed by atoms with Gasteiger partial charge in [-0.3, -0.25) is 0 Å². The van der Waals surface area contributed by atoms with Crippen molar-refractivity contribution in [3.05, 3.63) is 0 Å². The lowest BCUT2D eigenvalue weighted by Crippen LogP contribution is -2.37. The van der Waals surface area contributed by atoms with Gasteiger partial charge in [-0.2, -0.15) is 0 Å². The first kappa shape index (κ1) is 12.0. The summed E-state index contributed by atoms with van der Waals surface area (Å²) in [5.74, 6) is 1.56. The average molecular weight is 200 g/mol. The van der Waals surface area contributed by atoms with Crippen LogP contribution in [0.3, 0.4) is 0 Å². The van der Waals surface area contributed by atoms with Gasteiger partial charge in [-0.15, -0.1) is 0 Å². The molecule has 1 heterocycles. The van der Waals surface area contributed by atoms with Crippen LogP contribution in [0.4, 0.5) is 0 Å². The van der Waals surface area contributed by atoms with Gasteiger partial charge in [0.1, 0.15) is 0 Å². The van der Waals surface area contributed by atoms with Crippen molar-refractivity contribution in [1.29, 1.82) is 0 Å². The molecule has 0 aromatic carbocycles. The number of likely N-dealkylation sites (tertiary alicyclic amines) is 1. The molecule has 1 aliphatic rings. The van der Waals surface area contributed by atoms with Crippen LogP contribution >= 0.6 is 0 Å². The van der Waals surface area contributed by atoms with Crippen molar-refractivity contribution in [1.82, 2.24) is 10.2 Å². The van der Waals surface area contributed by atoms with Crippen LogP contribution in [0.2, 0.25) is 0 Å². The predicted molar refractivity (Wildman–Crippen MR) is 59.3 cm³/mol. The number of aliphatic hydroxyl groups is 1. The summed E-state index contributed by atoms with van der Waals surface area (Å²) in [5.41, 5.74) is 0. The van der Waals surface area contributed by atoms with Crippen molar-refractivity contribution >= 4 is 0 Å². The highest BCUT2D eigenvalue weighted by molar-refractivity contribution is 4.80. The third kappa shape index (κ3) is 3.56. The van der Waals surface area contributed by atoms with Crippen LogP contribution in [0.5, 0.6) is 0 Å². The van der Waals surface area contributed by atoms with Crippen molar-refractivity contribution in [3.63, 3.8) is 0 Å². The molecule has 0 spiro atoms. The second-order valence-corrected chi connectivity index (χ2v) is 4.63. The van der Waals surface area contributed by atoms with Crippen molar-refractivity contribution in [2.45, 2.75) is 26.9 Å². The molecule has 3 heteroatoms. The largest absolute Gasteiger partial charge is 0.390 e. The van der Waals surface area contributed by atoms with Gasteiger partial charge in [-0.05, 0) is 18.4 Å². The Hall–Kier alpha value is -0.120. The number of hydrogen-bond donors (Lipinski definition) is 2. The summed E-state index contributed by atoms with van der Waals surface area (Å²) in [6, 6.07) is 0. The Morgan fingerprint density at radius 2 is 1.93 bits per heavy atom. The van der Waals surface area contributed by atoms with Crippen LogP contribution in [0.25, 0.3) is 0 Å². The maximum Gasteiger partial charge on any atom is 0.0791 e. The molecule has 84 valence electrons. The Balaban J connectivity index is 2.18. The smallest absolute Gasteiger partial charge is 0.0791 e. The number of nitrogens with one attached hydrogen (secondary N) is 1. The zero-order valence-corrected chi connectivity index (χ0v) is 9.66. The lowest BCUT2D eigenvalue weighted by molar-refractivity contribution is 0.121. The van der Waals surface area contributed by atoms with E-state index in [1.807, 2.05) is 0 Å². The van der Waals surface area contributed by atoms with Gasteiger partial charge in [0.2, 0.25) is 0 Å². The summed E-state index contributed by atoms with van der Waals surface area (Å²) < 4.78 is 0. The molecule has 1 aliphatic heterocycles. The normalized spacial score (nSPS) is 30.9. The Morgan fingerprint density at radius 3 is 2.43 bits per heavy atom. The van der Waals surface area contributed by atoms with E-state index < -0.39 is 0 Å². The van der Waals surface area contributed by atoms with E-state index in [9.17, 15) is 5.11 Å². The summed E-state index contributed by atoms with van der Waals surface area (Å²) in [4.78, 5) is 2.37. The Bertz CT molecular complexity index is 153. The fourth-order valence-corrected chi connectivity index (χ4v) is 2.07. The fourth-order valence-electron chi connectivity index (χ4n) is 2.07. The van der Waals surface area contributed by atoms with Gasteiger partial charge in [0.15, 0.2) is 0 Å². The van der Waals surface area contributed by atoms with Crippen LogP contribution in [-0.4, -0.2) is 48.8 Å². The molecule has 0 amide bonds. The molecule has 1 rings (SSSR count). The molecule has 0 aromatic rings. The average Bonchev–Trinajstić information content (AvgIpc) is 2.42. The first-order valence-corrected chi connectivity index (χ1v) is 5.74. The van der Waals surface area contributed by atoms with Crippen LogP contribution in [-0.2, 0) is 0 Å². The zero-order chi connectivity index (χ0) is 10.6. The number of aliphatic hydroxyl groups excluding tert-OH is 1. The van der Waals surface area contributed by atoms with Gasteiger partial charge in [0, 0.05) is 26.2 Å². The third-order valence-corrected chi connectivity index (χ3v) is 3.16. The maximum absolute atomic E-state index is 9.71.